The molecule has 1 aromatic rings. The van der Waals surface area contributed by atoms with Crippen molar-refractivity contribution in [3.8, 4) is 0 Å². The zero-order chi connectivity index (χ0) is 9.80. The highest BCUT2D eigenvalue weighted by atomic mass is 16.5. The van der Waals surface area contributed by atoms with Crippen molar-refractivity contribution in [2.75, 3.05) is 31.2 Å². The highest BCUT2D eigenvalue weighted by Gasteiger charge is 2.10. The molecule has 76 valence electrons. The van der Waals surface area contributed by atoms with Crippen molar-refractivity contribution >= 4 is 5.69 Å². The Bertz CT molecular complexity index is 281. The number of aromatic nitrogens is 1. The van der Waals surface area contributed by atoms with E-state index >= 15 is 0 Å². The smallest absolute Gasteiger partial charge is 0.0852 e. The molecule has 0 aliphatic carbocycles. The third-order valence-electron chi connectivity index (χ3n) is 2.35. The summed E-state index contributed by atoms with van der Waals surface area (Å²) in [4.78, 5) is 6.37. The maximum absolute atomic E-state index is 8.84. The molecule has 4 heteroatoms. The van der Waals surface area contributed by atoms with E-state index < -0.39 is 0 Å². The van der Waals surface area contributed by atoms with Gasteiger partial charge in [0.2, 0.25) is 0 Å². The summed E-state index contributed by atoms with van der Waals surface area (Å²) >= 11 is 0. The molecule has 1 aliphatic heterocycles. The second-order valence-electron chi connectivity index (χ2n) is 3.27. The van der Waals surface area contributed by atoms with Gasteiger partial charge in [-0.05, 0) is 12.1 Å². The van der Waals surface area contributed by atoms with Crippen molar-refractivity contribution in [3.63, 3.8) is 0 Å². The van der Waals surface area contributed by atoms with Crippen LogP contribution in [0.2, 0.25) is 0 Å². The number of aliphatic hydroxyl groups is 1. The fourth-order valence-electron chi connectivity index (χ4n) is 1.52. The number of rotatable bonds is 2. The zero-order valence-electron chi connectivity index (χ0n) is 8.02. The van der Waals surface area contributed by atoms with E-state index in [0.717, 1.165) is 32.0 Å². The highest BCUT2D eigenvalue weighted by Crippen LogP contribution is 2.14. The lowest BCUT2D eigenvalue weighted by atomic mass is 10.3. The summed E-state index contributed by atoms with van der Waals surface area (Å²) in [7, 11) is 0. The summed E-state index contributed by atoms with van der Waals surface area (Å²) in [5.74, 6) is 0. The third kappa shape index (κ3) is 2.02. The molecule has 2 rings (SSSR count). The lowest BCUT2D eigenvalue weighted by Gasteiger charge is -2.28. The van der Waals surface area contributed by atoms with Gasteiger partial charge in [0.05, 0.1) is 37.4 Å². The fourth-order valence-corrected chi connectivity index (χ4v) is 1.52. The first-order chi connectivity index (χ1) is 6.90. The molecule has 1 N–H and O–H groups in total. The molecule has 0 aromatic carbocycles. The first-order valence-corrected chi connectivity index (χ1v) is 4.78. The van der Waals surface area contributed by atoms with Crippen LogP contribution in [0.4, 0.5) is 5.69 Å². The minimum Gasteiger partial charge on any atom is -0.390 e. The first kappa shape index (κ1) is 9.43. The Balaban J connectivity index is 2.07. The number of pyridine rings is 1. The van der Waals surface area contributed by atoms with Gasteiger partial charge in [-0.25, -0.2) is 0 Å². The number of hydrogen-bond donors (Lipinski definition) is 1. The van der Waals surface area contributed by atoms with Crippen LogP contribution in [0.5, 0.6) is 0 Å². The summed E-state index contributed by atoms with van der Waals surface area (Å²) in [5, 5.41) is 8.84. The maximum atomic E-state index is 8.84. The van der Waals surface area contributed by atoms with Gasteiger partial charge in [0, 0.05) is 13.1 Å². The number of anilines is 1. The number of aliphatic hydroxyl groups excluding tert-OH is 1. The average molecular weight is 194 g/mol. The van der Waals surface area contributed by atoms with E-state index in [1.807, 2.05) is 12.1 Å². The molecule has 14 heavy (non-hydrogen) atoms. The van der Waals surface area contributed by atoms with E-state index in [2.05, 4.69) is 9.88 Å². The Morgan fingerprint density at radius 1 is 1.36 bits per heavy atom. The van der Waals surface area contributed by atoms with Gasteiger partial charge in [-0.1, -0.05) is 0 Å². The van der Waals surface area contributed by atoms with E-state index in [9.17, 15) is 0 Å². The largest absolute Gasteiger partial charge is 0.390 e. The van der Waals surface area contributed by atoms with Crippen LogP contribution in [-0.2, 0) is 11.3 Å². The van der Waals surface area contributed by atoms with Crippen LogP contribution in [0.3, 0.4) is 0 Å². The Hall–Kier alpha value is -1.13. The summed E-state index contributed by atoms with van der Waals surface area (Å²) in [6.07, 6.45) is 1.80. The van der Waals surface area contributed by atoms with Crippen LogP contribution in [0.1, 0.15) is 5.69 Å². The van der Waals surface area contributed by atoms with Crippen LogP contribution < -0.4 is 4.90 Å². The Labute approximate surface area is 83.1 Å². The molecule has 0 amide bonds. The Morgan fingerprint density at radius 2 is 2.14 bits per heavy atom. The van der Waals surface area contributed by atoms with Gasteiger partial charge in [-0.15, -0.1) is 0 Å². The van der Waals surface area contributed by atoms with Crippen LogP contribution in [-0.4, -0.2) is 36.4 Å². The van der Waals surface area contributed by atoms with Crippen LogP contribution in [0.15, 0.2) is 18.3 Å². The molecule has 0 atom stereocenters. The molecule has 0 radical (unpaired) electrons. The number of ether oxygens (including phenoxy) is 1. The van der Waals surface area contributed by atoms with Crippen molar-refractivity contribution in [2.24, 2.45) is 0 Å². The zero-order valence-corrected chi connectivity index (χ0v) is 8.02. The van der Waals surface area contributed by atoms with Gasteiger partial charge >= 0.3 is 0 Å². The molecule has 1 aliphatic rings. The van der Waals surface area contributed by atoms with Gasteiger partial charge in [0.15, 0.2) is 0 Å². The molecule has 0 bridgehead atoms. The number of nitrogens with zero attached hydrogens (tertiary/aromatic N) is 2. The number of hydrogen-bond acceptors (Lipinski definition) is 4. The second-order valence-corrected chi connectivity index (χ2v) is 3.27. The minimum atomic E-state index is 0.00336. The molecular weight excluding hydrogens is 180 g/mol. The maximum Gasteiger partial charge on any atom is 0.0852 e. The fraction of sp³-hybridized carbons (Fsp3) is 0.500. The second kappa shape index (κ2) is 4.39. The van der Waals surface area contributed by atoms with Crippen LogP contribution >= 0.6 is 0 Å². The van der Waals surface area contributed by atoms with Crippen molar-refractivity contribution in [2.45, 2.75) is 6.61 Å². The van der Waals surface area contributed by atoms with E-state index in [4.69, 9.17) is 9.84 Å². The molecule has 4 nitrogen and oxygen atoms in total. The molecular formula is C10H14N2O2. The van der Waals surface area contributed by atoms with E-state index in [1.165, 1.54) is 0 Å². The lowest BCUT2D eigenvalue weighted by Crippen LogP contribution is -2.36. The SMILES string of the molecule is OCc1ccc(N2CCOCC2)cn1. The standard InChI is InChI=1S/C10H14N2O2/c13-8-9-1-2-10(7-11-9)12-3-5-14-6-4-12/h1-2,7,13H,3-6,8H2. The van der Waals surface area contributed by atoms with Crippen molar-refractivity contribution in [1.29, 1.82) is 0 Å². The van der Waals surface area contributed by atoms with E-state index in [0.29, 0.717) is 5.69 Å². The monoisotopic (exact) mass is 194 g/mol. The van der Waals surface area contributed by atoms with Gasteiger partial charge in [-0.3, -0.25) is 4.98 Å². The summed E-state index contributed by atoms with van der Waals surface area (Å²) in [5.41, 5.74) is 1.81. The lowest BCUT2D eigenvalue weighted by molar-refractivity contribution is 0.122. The van der Waals surface area contributed by atoms with Crippen molar-refractivity contribution in [3.05, 3.63) is 24.0 Å². The van der Waals surface area contributed by atoms with Gasteiger partial charge in [0.25, 0.3) is 0 Å². The summed E-state index contributed by atoms with van der Waals surface area (Å²) in [6, 6.07) is 3.84. The van der Waals surface area contributed by atoms with Gasteiger partial charge in [0.1, 0.15) is 0 Å². The molecule has 0 spiro atoms. The summed E-state index contributed by atoms with van der Waals surface area (Å²) in [6.45, 7) is 3.40. The number of morpholine rings is 1. The topological polar surface area (TPSA) is 45.6 Å². The highest BCUT2D eigenvalue weighted by molar-refractivity contribution is 5.44. The quantitative estimate of drug-likeness (QED) is 0.740. The third-order valence-corrected chi connectivity index (χ3v) is 2.35. The summed E-state index contributed by atoms with van der Waals surface area (Å²) < 4.78 is 5.26. The molecule has 0 saturated carbocycles. The van der Waals surface area contributed by atoms with E-state index in [-0.39, 0.29) is 6.61 Å². The Morgan fingerprint density at radius 3 is 2.71 bits per heavy atom. The minimum absolute atomic E-state index is 0.00336. The average Bonchev–Trinajstić information content (AvgIpc) is 2.30. The predicted molar refractivity (Wildman–Crippen MR) is 53.2 cm³/mol. The molecule has 1 saturated heterocycles. The van der Waals surface area contributed by atoms with Crippen molar-refractivity contribution in [1.82, 2.24) is 4.98 Å². The molecule has 2 heterocycles. The van der Waals surface area contributed by atoms with E-state index in [1.54, 1.807) is 6.20 Å². The predicted octanol–water partition coefficient (Wildman–Crippen LogP) is 0.410. The van der Waals surface area contributed by atoms with Crippen LogP contribution in [0.25, 0.3) is 0 Å². The van der Waals surface area contributed by atoms with Gasteiger partial charge < -0.3 is 14.7 Å². The normalized spacial score (nSPS) is 17.1. The Kier molecular flexibility index (Phi) is 2.96. The van der Waals surface area contributed by atoms with Gasteiger partial charge in [-0.2, -0.15) is 0 Å². The molecule has 1 fully saturated rings. The van der Waals surface area contributed by atoms with Crippen LogP contribution in [0, 0.1) is 0 Å². The van der Waals surface area contributed by atoms with Crippen molar-refractivity contribution < 1.29 is 9.84 Å². The first-order valence-electron chi connectivity index (χ1n) is 4.78. The molecule has 1 aromatic heterocycles. The molecule has 0 unspecified atom stereocenters.